The normalized spacial score (nSPS) is 11.4. The third-order valence-electron chi connectivity index (χ3n) is 5.03. The molecule has 0 amide bonds. The molecule has 7 heteroatoms. The highest BCUT2D eigenvalue weighted by Gasteiger charge is 2.15. The molecular formula is C22H14N6S. The lowest BCUT2D eigenvalue weighted by molar-refractivity contribution is 1.10. The number of hydrogen-bond acceptors (Lipinski definition) is 5. The number of thiophene rings is 1. The Kier molecular flexibility index (Phi) is 3.54. The first-order chi connectivity index (χ1) is 14.4. The Morgan fingerprint density at radius 2 is 1.72 bits per heavy atom. The molecule has 6 heterocycles. The van der Waals surface area contributed by atoms with Crippen LogP contribution in [-0.2, 0) is 0 Å². The van der Waals surface area contributed by atoms with E-state index in [9.17, 15) is 0 Å². The van der Waals surface area contributed by atoms with Crippen molar-refractivity contribution in [1.82, 2.24) is 30.1 Å². The lowest BCUT2D eigenvalue weighted by atomic mass is 10.1. The maximum Gasteiger partial charge on any atom is 0.155 e. The monoisotopic (exact) mass is 394 g/mol. The van der Waals surface area contributed by atoms with E-state index in [0.717, 1.165) is 55.7 Å². The molecule has 0 aliphatic heterocycles. The van der Waals surface area contributed by atoms with Crippen molar-refractivity contribution < 1.29 is 0 Å². The van der Waals surface area contributed by atoms with Crippen LogP contribution in [0.3, 0.4) is 0 Å². The Balaban J connectivity index is 1.53. The van der Waals surface area contributed by atoms with Gasteiger partial charge in [0.15, 0.2) is 5.65 Å². The maximum atomic E-state index is 4.60. The molecule has 0 unspecified atom stereocenters. The molecule has 138 valence electrons. The van der Waals surface area contributed by atoms with E-state index >= 15 is 0 Å². The number of nitrogens with zero attached hydrogens (tertiary/aromatic N) is 4. The minimum atomic E-state index is 0.757. The van der Waals surface area contributed by atoms with Crippen molar-refractivity contribution >= 4 is 33.3 Å². The third-order valence-corrected chi connectivity index (χ3v) is 5.71. The first-order valence-electron chi connectivity index (χ1n) is 9.12. The van der Waals surface area contributed by atoms with Crippen LogP contribution in [0.25, 0.3) is 55.7 Å². The molecule has 0 atom stereocenters. The largest absolute Gasteiger partial charge is 0.353 e. The molecule has 6 aromatic heterocycles. The Morgan fingerprint density at radius 1 is 0.793 bits per heavy atom. The number of aromatic nitrogens is 6. The Morgan fingerprint density at radius 3 is 2.59 bits per heavy atom. The standard InChI is InChI=1S/C22H14N6S/c1-5-23-6-2-13(1)15-9-17-21(27-28-22(17)25-11-15)19-10-16-18(26-19)3-7-24-20(16)14-4-8-29-12-14/h1-12,26H,(H,25,27,28). The molecule has 6 nitrogen and oxygen atoms in total. The Bertz CT molecular complexity index is 1450. The summed E-state index contributed by atoms with van der Waals surface area (Å²) in [5.74, 6) is 0. The van der Waals surface area contributed by atoms with Gasteiger partial charge in [0, 0.05) is 57.6 Å². The second-order valence-corrected chi connectivity index (χ2v) is 7.52. The zero-order valence-corrected chi connectivity index (χ0v) is 15.9. The van der Waals surface area contributed by atoms with E-state index in [1.807, 2.05) is 30.6 Å². The van der Waals surface area contributed by atoms with Crippen LogP contribution in [0.15, 0.2) is 71.9 Å². The fourth-order valence-electron chi connectivity index (χ4n) is 3.62. The van der Waals surface area contributed by atoms with E-state index < -0.39 is 0 Å². The predicted octanol–water partition coefficient (Wildman–Crippen LogP) is 5.29. The Labute approximate surface area is 169 Å². The lowest BCUT2D eigenvalue weighted by Crippen LogP contribution is -1.83. The zero-order valence-electron chi connectivity index (χ0n) is 15.1. The van der Waals surface area contributed by atoms with Gasteiger partial charge in [0.05, 0.1) is 11.4 Å². The van der Waals surface area contributed by atoms with Gasteiger partial charge in [-0.2, -0.15) is 16.4 Å². The molecular weight excluding hydrogens is 380 g/mol. The van der Waals surface area contributed by atoms with Crippen LogP contribution in [0.4, 0.5) is 0 Å². The highest BCUT2D eigenvalue weighted by molar-refractivity contribution is 7.08. The number of H-pyrrole nitrogens is 2. The molecule has 29 heavy (non-hydrogen) atoms. The van der Waals surface area contributed by atoms with Gasteiger partial charge in [-0.15, -0.1) is 0 Å². The van der Waals surface area contributed by atoms with Crippen molar-refractivity contribution in [1.29, 1.82) is 0 Å². The van der Waals surface area contributed by atoms with Crippen molar-refractivity contribution in [3.63, 3.8) is 0 Å². The molecule has 2 N–H and O–H groups in total. The molecule has 6 aromatic rings. The van der Waals surface area contributed by atoms with Gasteiger partial charge >= 0.3 is 0 Å². The second-order valence-electron chi connectivity index (χ2n) is 6.74. The van der Waals surface area contributed by atoms with Crippen LogP contribution in [0.1, 0.15) is 0 Å². The molecule has 0 saturated carbocycles. The summed E-state index contributed by atoms with van der Waals surface area (Å²) in [5, 5.41) is 13.8. The topological polar surface area (TPSA) is 83.1 Å². The van der Waals surface area contributed by atoms with Gasteiger partial charge in [0.2, 0.25) is 0 Å². The first kappa shape index (κ1) is 16.1. The van der Waals surface area contributed by atoms with E-state index in [0.29, 0.717) is 0 Å². The molecule has 0 aromatic carbocycles. The van der Waals surface area contributed by atoms with Crippen molar-refractivity contribution in [3.05, 3.63) is 71.9 Å². The van der Waals surface area contributed by atoms with Gasteiger partial charge in [0.25, 0.3) is 0 Å². The quantitative estimate of drug-likeness (QED) is 0.427. The van der Waals surface area contributed by atoms with Crippen LogP contribution < -0.4 is 0 Å². The number of rotatable bonds is 3. The summed E-state index contributed by atoms with van der Waals surface area (Å²) in [6.07, 6.45) is 7.25. The highest BCUT2D eigenvalue weighted by atomic mass is 32.1. The first-order valence-corrected chi connectivity index (χ1v) is 10.1. The Hall–Kier alpha value is -3.84. The summed E-state index contributed by atoms with van der Waals surface area (Å²) >= 11 is 1.67. The summed E-state index contributed by atoms with van der Waals surface area (Å²) in [4.78, 5) is 16.7. The van der Waals surface area contributed by atoms with E-state index in [1.165, 1.54) is 0 Å². The average molecular weight is 394 g/mol. The summed E-state index contributed by atoms with van der Waals surface area (Å²) in [7, 11) is 0. The minimum Gasteiger partial charge on any atom is -0.353 e. The second kappa shape index (κ2) is 6.35. The third kappa shape index (κ3) is 2.63. The van der Waals surface area contributed by atoms with Crippen molar-refractivity contribution in [2.75, 3.05) is 0 Å². The van der Waals surface area contributed by atoms with Crippen LogP contribution in [0.5, 0.6) is 0 Å². The molecule has 0 bridgehead atoms. The summed E-state index contributed by atoms with van der Waals surface area (Å²) in [6, 6.07) is 12.3. The van der Waals surface area contributed by atoms with Gasteiger partial charge in [-0.1, -0.05) is 0 Å². The van der Waals surface area contributed by atoms with Crippen LogP contribution in [0, 0.1) is 0 Å². The van der Waals surface area contributed by atoms with Crippen molar-refractivity contribution in [2.24, 2.45) is 0 Å². The zero-order chi connectivity index (χ0) is 19.2. The number of aromatic amines is 2. The molecule has 0 saturated heterocycles. The summed E-state index contributed by atoms with van der Waals surface area (Å²) in [6.45, 7) is 0. The highest BCUT2D eigenvalue weighted by Crippen LogP contribution is 2.34. The molecule has 0 aliphatic rings. The van der Waals surface area contributed by atoms with E-state index in [-0.39, 0.29) is 0 Å². The molecule has 6 rings (SSSR count). The van der Waals surface area contributed by atoms with Gasteiger partial charge in [-0.3, -0.25) is 15.1 Å². The SMILES string of the molecule is c1cc(-c2cnc3[nH]nc(-c4cc5c(-c6ccsc6)nccc5[nH]4)c3c2)ccn1. The van der Waals surface area contributed by atoms with Gasteiger partial charge in [-0.05, 0) is 47.3 Å². The summed E-state index contributed by atoms with van der Waals surface area (Å²) < 4.78 is 0. The van der Waals surface area contributed by atoms with Crippen LogP contribution in [0.2, 0.25) is 0 Å². The maximum absolute atomic E-state index is 4.60. The van der Waals surface area contributed by atoms with Crippen LogP contribution >= 0.6 is 11.3 Å². The van der Waals surface area contributed by atoms with E-state index in [2.05, 4.69) is 59.1 Å². The predicted molar refractivity (Wildman–Crippen MR) is 116 cm³/mol. The smallest absolute Gasteiger partial charge is 0.155 e. The number of hydrogen-bond donors (Lipinski definition) is 2. The van der Waals surface area contributed by atoms with Crippen molar-refractivity contribution in [2.45, 2.75) is 0 Å². The van der Waals surface area contributed by atoms with Crippen LogP contribution in [-0.4, -0.2) is 30.1 Å². The molecule has 0 fully saturated rings. The van der Waals surface area contributed by atoms with Gasteiger partial charge in [0.1, 0.15) is 5.69 Å². The fraction of sp³-hybridized carbons (Fsp3) is 0. The fourth-order valence-corrected chi connectivity index (χ4v) is 4.26. The average Bonchev–Trinajstić information content (AvgIpc) is 3.52. The van der Waals surface area contributed by atoms with Gasteiger partial charge < -0.3 is 4.98 Å². The van der Waals surface area contributed by atoms with E-state index in [1.54, 1.807) is 23.7 Å². The van der Waals surface area contributed by atoms with E-state index in [4.69, 9.17) is 0 Å². The summed E-state index contributed by atoms with van der Waals surface area (Å²) in [5.41, 5.74) is 7.77. The molecule has 0 aliphatic carbocycles. The number of pyridine rings is 3. The van der Waals surface area contributed by atoms with Gasteiger partial charge in [-0.25, -0.2) is 4.98 Å². The molecule has 0 spiro atoms. The molecule has 0 radical (unpaired) electrons. The number of nitrogens with one attached hydrogen (secondary N) is 2. The number of fused-ring (bicyclic) bond motifs is 2. The van der Waals surface area contributed by atoms with Crippen molar-refractivity contribution in [3.8, 4) is 33.8 Å². The minimum absolute atomic E-state index is 0.757. The lowest BCUT2D eigenvalue weighted by Gasteiger charge is -2.01.